The van der Waals surface area contributed by atoms with E-state index in [1.807, 2.05) is 31.2 Å². The first kappa shape index (κ1) is 15.5. The fourth-order valence-electron chi connectivity index (χ4n) is 2.75. The summed E-state index contributed by atoms with van der Waals surface area (Å²) in [4.78, 5) is 14.4. The van der Waals surface area contributed by atoms with Gasteiger partial charge in [-0.15, -0.1) is 5.10 Å². The van der Waals surface area contributed by atoms with Crippen molar-refractivity contribution < 1.29 is 9.53 Å². The lowest BCUT2D eigenvalue weighted by atomic mass is 10.1. The van der Waals surface area contributed by atoms with E-state index >= 15 is 0 Å². The number of likely N-dealkylation sites (tertiary alicyclic amines) is 1. The number of piperidine rings is 1. The summed E-state index contributed by atoms with van der Waals surface area (Å²) in [6.45, 7) is 3.21. The van der Waals surface area contributed by atoms with Gasteiger partial charge in [-0.2, -0.15) is 0 Å². The lowest BCUT2D eigenvalue weighted by Crippen LogP contribution is -2.43. The summed E-state index contributed by atoms with van der Waals surface area (Å²) in [6.07, 6.45) is 1.66. The van der Waals surface area contributed by atoms with Gasteiger partial charge in [0.25, 0.3) is 5.91 Å². The van der Waals surface area contributed by atoms with Crippen molar-refractivity contribution in [2.75, 3.05) is 20.2 Å². The molecule has 1 fully saturated rings. The minimum absolute atomic E-state index is 0.0749. The van der Waals surface area contributed by atoms with E-state index in [0.717, 1.165) is 30.0 Å². The smallest absolute Gasteiger partial charge is 0.276 e. The van der Waals surface area contributed by atoms with Gasteiger partial charge < -0.3 is 15.4 Å². The van der Waals surface area contributed by atoms with E-state index < -0.39 is 0 Å². The fraction of sp³-hybridized carbons (Fsp3) is 0.438. The lowest BCUT2D eigenvalue weighted by molar-refractivity contribution is 0.0708. The van der Waals surface area contributed by atoms with E-state index in [4.69, 9.17) is 10.5 Å². The van der Waals surface area contributed by atoms with E-state index in [1.54, 1.807) is 16.7 Å². The Balaban J connectivity index is 1.82. The van der Waals surface area contributed by atoms with Crippen LogP contribution < -0.4 is 10.5 Å². The number of amides is 1. The summed E-state index contributed by atoms with van der Waals surface area (Å²) in [5, 5.41) is 8.21. The number of aromatic nitrogens is 3. The summed E-state index contributed by atoms with van der Waals surface area (Å²) in [5.41, 5.74) is 7.86. The third-order valence-corrected chi connectivity index (χ3v) is 4.24. The number of benzene rings is 1. The molecular formula is C16H21N5O2. The highest BCUT2D eigenvalue weighted by Gasteiger charge is 2.26. The Labute approximate surface area is 135 Å². The minimum Gasteiger partial charge on any atom is -0.497 e. The molecule has 7 nitrogen and oxygen atoms in total. The van der Waals surface area contributed by atoms with Gasteiger partial charge in [0.05, 0.1) is 18.5 Å². The molecule has 3 rings (SSSR count). The second-order valence-corrected chi connectivity index (χ2v) is 5.76. The standard InChI is InChI=1S/C16H21N5O2/c1-11-15(16(22)20-9-7-12(17)8-10-20)18-19-21(11)13-3-5-14(23-2)6-4-13/h3-6,12H,7-10,17H2,1-2H3. The fourth-order valence-corrected chi connectivity index (χ4v) is 2.75. The first-order valence-corrected chi connectivity index (χ1v) is 7.71. The molecule has 0 spiro atoms. The van der Waals surface area contributed by atoms with Crippen molar-refractivity contribution in [3.8, 4) is 11.4 Å². The molecule has 1 aliphatic heterocycles. The zero-order valence-corrected chi connectivity index (χ0v) is 13.4. The van der Waals surface area contributed by atoms with E-state index in [0.29, 0.717) is 18.8 Å². The van der Waals surface area contributed by atoms with E-state index in [9.17, 15) is 4.79 Å². The molecule has 2 heterocycles. The van der Waals surface area contributed by atoms with Gasteiger partial charge in [-0.3, -0.25) is 4.79 Å². The van der Waals surface area contributed by atoms with Gasteiger partial charge >= 0.3 is 0 Å². The van der Waals surface area contributed by atoms with Crippen molar-refractivity contribution in [3.05, 3.63) is 35.7 Å². The maximum Gasteiger partial charge on any atom is 0.276 e. The largest absolute Gasteiger partial charge is 0.497 e. The van der Waals surface area contributed by atoms with Crippen LogP contribution in [-0.4, -0.2) is 52.0 Å². The van der Waals surface area contributed by atoms with Crippen LogP contribution in [0.1, 0.15) is 29.0 Å². The van der Waals surface area contributed by atoms with Crippen molar-refractivity contribution in [1.29, 1.82) is 0 Å². The maximum absolute atomic E-state index is 12.6. The molecule has 0 saturated carbocycles. The average Bonchev–Trinajstić information content (AvgIpc) is 2.96. The van der Waals surface area contributed by atoms with Crippen LogP contribution >= 0.6 is 0 Å². The molecule has 0 unspecified atom stereocenters. The molecule has 122 valence electrons. The van der Waals surface area contributed by atoms with Crippen LogP contribution in [0.3, 0.4) is 0 Å². The molecule has 23 heavy (non-hydrogen) atoms. The Hall–Kier alpha value is -2.41. The molecule has 1 saturated heterocycles. The molecule has 1 aromatic carbocycles. The van der Waals surface area contributed by atoms with Crippen LogP contribution in [0.5, 0.6) is 5.75 Å². The number of carbonyl (C=O) groups is 1. The SMILES string of the molecule is COc1ccc(-n2nnc(C(=O)N3CCC(N)CC3)c2C)cc1. The van der Waals surface area contributed by atoms with E-state index in [-0.39, 0.29) is 11.9 Å². The molecule has 0 aliphatic carbocycles. The Morgan fingerprint density at radius 2 is 1.91 bits per heavy atom. The van der Waals surface area contributed by atoms with Crippen LogP contribution in [0.4, 0.5) is 0 Å². The molecular weight excluding hydrogens is 294 g/mol. The number of nitrogens with zero attached hydrogens (tertiary/aromatic N) is 4. The minimum atomic E-state index is -0.0749. The zero-order chi connectivity index (χ0) is 16.4. The van der Waals surface area contributed by atoms with Gasteiger partial charge in [0, 0.05) is 19.1 Å². The number of methoxy groups -OCH3 is 1. The summed E-state index contributed by atoms with van der Waals surface area (Å²) < 4.78 is 6.82. The van der Waals surface area contributed by atoms with Gasteiger partial charge in [-0.25, -0.2) is 4.68 Å². The summed E-state index contributed by atoms with van der Waals surface area (Å²) in [5.74, 6) is 0.696. The molecule has 1 amide bonds. The van der Waals surface area contributed by atoms with Crippen LogP contribution in [0.15, 0.2) is 24.3 Å². The zero-order valence-electron chi connectivity index (χ0n) is 13.4. The van der Waals surface area contributed by atoms with Crippen LogP contribution in [-0.2, 0) is 0 Å². The first-order chi connectivity index (χ1) is 11.1. The first-order valence-electron chi connectivity index (χ1n) is 7.71. The van der Waals surface area contributed by atoms with Crippen LogP contribution in [0, 0.1) is 6.92 Å². The van der Waals surface area contributed by atoms with Crippen molar-refractivity contribution in [3.63, 3.8) is 0 Å². The number of carbonyl (C=O) groups excluding carboxylic acids is 1. The molecule has 2 aromatic rings. The second-order valence-electron chi connectivity index (χ2n) is 5.76. The van der Waals surface area contributed by atoms with E-state index in [1.165, 1.54) is 0 Å². The Bertz CT molecular complexity index is 687. The van der Waals surface area contributed by atoms with Crippen molar-refractivity contribution in [2.45, 2.75) is 25.8 Å². The molecule has 1 aromatic heterocycles. The average molecular weight is 315 g/mol. The molecule has 0 atom stereocenters. The number of rotatable bonds is 3. The van der Waals surface area contributed by atoms with Gasteiger partial charge in [0.2, 0.25) is 0 Å². The number of ether oxygens (including phenoxy) is 1. The number of nitrogens with two attached hydrogens (primary N) is 1. The van der Waals surface area contributed by atoms with Gasteiger partial charge in [0.15, 0.2) is 5.69 Å². The summed E-state index contributed by atoms with van der Waals surface area (Å²) in [7, 11) is 1.62. The Morgan fingerprint density at radius 1 is 1.26 bits per heavy atom. The van der Waals surface area contributed by atoms with Gasteiger partial charge in [0.1, 0.15) is 5.75 Å². The quantitative estimate of drug-likeness (QED) is 0.918. The summed E-state index contributed by atoms with van der Waals surface area (Å²) in [6, 6.07) is 7.66. The number of hydrogen-bond acceptors (Lipinski definition) is 5. The van der Waals surface area contributed by atoms with Gasteiger partial charge in [-0.05, 0) is 44.0 Å². The number of hydrogen-bond donors (Lipinski definition) is 1. The highest BCUT2D eigenvalue weighted by Crippen LogP contribution is 2.18. The topological polar surface area (TPSA) is 86.3 Å². The third kappa shape index (κ3) is 3.05. The highest BCUT2D eigenvalue weighted by atomic mass is 16.5. The third-order valence-electron chi connectivity index (χ3n) is 4.24. The van der Waals surface area contributed by atoms with Crippen LogP contribution in [0.25, 0.3) is 5.69 Å². The van der Waals surface area contributed by atoms with Crippen molar-refractivity contribution >= 4 is 5.91 Å². The Kier molecular flexibility index (Phi) is 4.29. The lowest BCUT2D eigenvalue weighted by Gasteiger charge is -2.29. The molecule has 7 heteroatoms. The monoisotopic (exact) mass is 315 g/mol. The highest BCUT2D eigenvalue weighted by molar-refractivity contribution is 5.93. The molecule has 0 radical (unpaired) electrons. The van der Waals surface area contributed by atoms with Crippen molar-refractivity contribution in [1.82, 2.24) is 19.9 Å². The molecule has 0 bridgehead atoms. The Morgan fingerprint density at radius 3 is 2.52 bits per heavy atom. The molecule has 2 N–H and O–H groups in total. The maximum atomic E-state index is 12.6. The van der Waals surface area contributed by atoms with Crippen molar-refractivity contribution in [2.24, 2.45) is 5.73 Å². The molecule has 1 aliphatic rings. The predicted molar refractivity (Wildman–Crippen MR) is 85.8 cm³/mol. The summed E-state index contributed by atoms with van der Waals surface area (Å²) >= 11 is 0. The normalized spacial score (nSPS) is 15.7. The van der Waals surface area contributed by atoms with Crippen LogP contribution in [0.2, 0.25) is 0 Å². The van der Waals surface area contributed by atoms with Gasteiger partial charge in [-0.1, -0.05) is 5.21 Å². The van der Waals surface area contributed by atoms with E-state index in [2.05, 4.69) is 10.3 Å². The predicted octanol–water partition coefficient (Wildman–Crippen LogP) is 1.15. The second kappa shape index (κ2) is 6.37.